The Morgan fingerprint density at radius 1 is 1.05 bits per heavy atom. The minimum atomic E-state index is -3.67. The fourth-order valence-electron chi connectivity index (χ4n) is 2.17. The fourth-order valence-corrected chi connectivity index (χ4v) is 3.40. The smallest absolute Gasteiger partial charge is 0.241 e. The van der Waals surface area contributed by atoms with Gasteiger partial charge in [0.2, 0.25) is 10.0 Å². The number of aryl methyl sites for hydroxylation is 1. The molecule has 5 heteroatoms. The zero-order valence-electron chi connectivity index (χ0n) is 12.6. The maximum Gasteiger partial charge on any atom is 0.241 e. The van der Waals surface area contributed by atoms with E-state index in [0.717, 1.165) is 11.1 Å². The molecule has 4 nitrogen and oxygen atoms in total. The van der Waals surface area contributed by atoms with Crippen LogP contribution in [0.1, 0.15) is 30.5 Å². The van der Waals surface area contributed by atoms with Gasteiger partial charge in [0.05, 0.1) is 10.9 Å². The number of carbonyl (C=O) groups is 1. The lowest BCUT2D eigenvalue weighted by Gasteiger charge is -2.18. The van der Waals surface area contributed by atoms with Gasteiger partial charge in [0.25, 0.3) is 0 Å². The number of hydrogen-bond acceptors (Lipinski definition) is 3. The SMILES string of the molecule is CC(=O)CC(NS(=O)(=O)c1ccc(C)cc1)c1ccccc1. The van der Waals surface area contributed by atoms with E-state index in [4.69, 9.17) is 0 Å². The van der Waals surface area contributed by atoms with Crippen molar-refractivity contribution in [2.24, 2.45) is 0 Å². The predicted molar refractivity (Wildman–Crippen MR) is 86.0 cm³/mol. The summed E-state index contributed by atoms with van der Waals surface area (Å²) in [5, 5.41) is 0. The highest BCUT2D eigenvalue weighted by Gasteiger charge is 2.22. The van der Waals surface area contributed by atoms with E-state index < -0.39 is 16.1 Å². The monoisotopic (exact) mass is 317 g/mol. The van der Waals surface area contributed by atoms with E-state index in [1.807, 2.05) is 37.3 Å². The van der Waals surface area contributed by atoms with Crippen molar-refractivity contribution in [3.8, 4) is 0 Å². The number of ketones is 1. The second kappa shape index (κ2) is 6.85. The van der Waals surface area contributed by atoms with Crippen molar-refractivity contribution >= 4 is 15.8 Å². The standard InChI is InChI=1S/C17H19NO3S/c1-13-8-10-16(11-9-13)22(20,21)18-17(12-14(2)19)15-6-4-3-5-7-15/h3-11,17-18H,12H2,1-2H3. The Morgan fingerprint density at radius 2 is 1.64 bits per heavy atom. The molecule has 0 amide bonds. The first-order valence-corrected chi connectivity index (χ1v) is 8.50. The molecule has 0 heterocycles. The van der Waals surface area contributed by atoms with Gasteiger partial charge in [-0.05, 0) is 31.5 Å². The average Bonchev–Trinajstić information content (AvgIpc) is 2.47. The van der Waals surface area contributed by atoms with E-state index >= 15 is 0 Å². The zero-order chi connectivity index (χ0) is 16.2. The van der Waals surface area contributed by atoms with Crippen LogP contribution >= 0.6 is 0 Å². The topological polar surface area (TPSA) is 63.2 Å². The Morgan fingerprint density at radius 3 is 2.18 bits per heavy atom. The van der Waals surface area contributed by atoms with Crippen LogP contribution in [0.5, 0.6) is 0 Å². The fraction of sp³-hybridized carbons (Fsp3) is 0.235. The number of nitrogens with one attached hydrogen (secondary N) is 1. The van der Waals surface area contributed by atoms with E-state index in [9.17, 15) is 13.2 Å². The van der Waals surface area contributed by atoms with Crippen molar-refractivity contribution < 1.29 is 13.2 Å². The molecule has 0 radical (unpaired) electrons. The average molecular weight is 317 g/mol. The lowest BCUT2D eigenvalue weighted by atomic mass is 10.0. The summed E-state index contributed by atoms with van der Waals surface area (Å²) < 4.78 is 27.6. The first-order valence-electron chi connectivity index (χ1n) is 7.02. The Kier molecular flexibility index (Phi) is 5.11. The molecule has 0 saturated heterocycles. The molecule has 0 spiro atoms. The normalized spacial score (nSPS) is 12.8. The van der Waals surface area contributed by atoms with Crippen molar-refractivity contribution in [3.05, 3.63) is 65.7 Å². The Hall–Kier alpha value is -1.98. The van der Waals surface area contributed by atoms with Gasteiger partial charge in [-0.25, -0.2) is 13.1 Å². The summed E-state index contributed by atoms with van der Waals surface area (Å²) >= 11 is 0. The number of hydrogen-bond donors (Lipinski definition) is 1. The van der Waals surface area contributed by atoms with Gasteiger partial charge < -0.3 is 0 Å². The molecule has 1 N–H and O–H groups in total. The number of benzene rings is 2. The second-order valence-electron chi connectivity index (χ2n) is 5.30. The highest BCUT2D eigenvalue weighted by atomic mass is 32.2. The number of Topliss-reactive ketones (excluding diaryl/α,β-unsaturated/α-hetero) is 1. The van der Waals surface area contributed by atoms with E-state index in [2.05, 4.69) is 4.72 Å². The maximum atomic E-state index is 12.5. The zero-order valence-corrected chi connectivity index (χ0v) is 13.4. The summed E-state index contributed by atoms with van der Waals surface area (Å²) in [5.41, 5.74) is 1.76. The molecular formula is C17H19NO3S. The van der Waals surface area contributed by atoms with Crippen molar-refractivity contribution in [3.63, 3.8) is 0 Å². The van der Waals surface area contributed by atoms with E-state index in [1.165, 1.54) is 6.92 Å². The van der Waals surface area contributed by atoms with Gasteiger partial charge in [-0.1, -0.05) is 48.0 Å². The van der Waals surface area contributed by atoms with Crippen LogP contribution < -0.4 is 4.72 Å². The van der Waals surface area contributed by atoms with E-state index in [0.29, 0.717) is 0 Å². The van der Waals surface area contributed by atoms with Crippen LogP contribution in [-0.4, -0.2) is 14.2 Å². The van der Waals surface area contributed by atoms with Gasteiger partial charge in [-0.3, -0.25) is 4.79 Å². The molecule has 0 bridgehead atoms. The molecule has 2 aromatic rings. The third kappa shape index (κ3) is 4.26. The number of carbonyl (C=O) groups excluding carboxylic acids is 1. The molecule has 0 aromatic heterocycles. The van der Waals surface area contributed by atoms with Crippen LogP contribution in [0.25, 0.3) is 0 Å². The molecule has 1 unspecified atom stereocenters. The summed E-state index contributed by atoms with van der Waals surface area (Å²) in [6, 6.07) is 15.2. The van der Waals surface area contributed by atoms with Crippen molar-refractivity contribution in [2.45, 2.75) is 31.2 Å². The second-order valence-corrected chi connectivity index (χ2v) is 7.02. The lowest BCUT2D eigenvalue weighted by molar-refractivity contribution is -0.117. The summed E-state index contributed by atoms with van der Waals surface area (Å²) in [5.74, 6) is -0.0690. The molecule has 116 valence electrons. The highest BCUT2D eigenvalue weighted by molar-refractivity contribution is 7.89. The Bertz CT molecular complexity index is 737. The number of sulfonamides is 1. The minimum Gasteiger partial charge on any atom is -0.300 e. The molecule has 22 heavy (non-hydrogen) atoms. The summed E-state index contributed by atoms with van der Waals surface area (Å²) in [7, 11) is -3.67. The van der Waals surface area contributed by atoms with Gasteiger partial charge in [0.15, 0.2) is 0 Å². The molecule has 0 aliphatic rings. The van der Waals surface area contributed by atoms with Crippen LogP contribution in [-0.2, 0) is 14.8 Å². The third-order valence-corrected chi connectivity index (χ3v) is 4.81. The van der Waals surface area contributed by atoms with Crippen LogP contribution in [0.2, 0.25) is 0 Å². The summed E-state index contributed by atoms with van der Waals surface area (Å²) in [6.45, 7) is 3.35. The van der Waals surface area contributed by atoms with Gasteiger partial charge >= 0.3 is 0 Å². The van der Waals surface area contributed by atoms with Gasteiger partial charge in [-0.2, -0.15) is 0 Å². The van der Waals surface area contributed by atoms with Gasteiger partial charge in [0, 0.05) is 6.42 Å². The summed E-state index contributed by atoms with van der Waals surface area (Å²) in [4.78, 5) is 11.7. The Balaban J connectivity index is 2.30. The van der Waals surface area contributed by atoms with Gasteiger partial charge in [-0.15, -0.1) is 0 Å². The van der Waals surface area contributed by atoms with Crippen molar-refractivity contribution in [2.75, 3.05) is 0 Å². The third-order valence-electron chi connectivity index (χ3n) is 3.32. The van der Waals surface area contributed by atoms with Crippen molar-refractivity contribution in [1.29, 1.82) is 0 Å². The highest BCUT2D eigenvalue weighted by Crippen LogP contribution is 2.20. The Labute approximate surface area is 131 Å². The summed E-state index contributed by atoms with van der Waals surface area (Å²) in [6.07, 6.45) is 0.120. The quantitative estimate of drug-likeness (QED) is 0.891. The molecule has 0 aliphatic carbocycles. The first-order chi connectivity index (χ1) is 10.4. The van der Waals surface area contributed by atoms with Crippen molar-refractivity contribution in [1.82, 2.24) is 4.72 Å². The molecular weight excluding hydrogens is 298 g/mol. The molecule has 1 atom stereocenters. The maximum absolute atomic E-state index is 12.5. The molecule has 0 fully saturated rings. The number of rotatable bonds is 6. The lowest BCUT2D eigenvalue weighted by Crippen LogP contribution is -2.30. The molecule has 0 saturated carbocycles. The minimum absolute atomic E-state index is 0.0690. The largest absolute Gasteiger partial charge is 0.300 e. The van der Waals surface area contributed by atoms with Gasteiger partial charge in [0.1, 0.15) is 5.78 Å². The van der Waals surface area contributed by atoms with E-state index in [1.54, 1.807) is 24.3 Å². The van der Waals surface area contributed by atoms with Crippen LogP contribution in [0, 0.1) is 6.92 Å². The molecule has 0 aliphatic heterocycles. The van der Waals surface area contributed by atoms with Crippen LogP contribution in [0.3, 0.4) is 0 Å². The van der Waals surface area contributed by atoms with Crippen LogP contribution in [0.4, 0.5) is 0 Å². The van der Waals surface area contributed by atoms with Crippen LogP contribution in [0.15, 0.2) is 59.5 Å². The molecule has 2 rings (SSSR count). The predicted octanol–water partition coefficient (Wildman–Crippen LogP) is 2.99. The first kappa shape index (κ1) is 16.4. The molecule has 2 aromatic carbocycles. The van der Waals surface area contributed by atoms with E-state index in [-0.39, 0.29) is 17.1 Å².